The van der Waals surface area contributed by atoms with Gasteiger partial charge in [-0.2, -0.15) is 0 Å². The summed E-state index contributed by atoms with van der Waals surface area (Å²) in [6, 6.07) is 8.88. The molecule has 1 aromatic heterocycles. The van der Waals surface area contributed by atoms with Crippen LogP contribution in [0.15, 0.2) is 36.9 Å². The summed E-state index contributed by atoms with van der Waals surface area (Å²) in [6.07, 6.45) is 8.46. The van der Waals surface area contributed by atoms with Gasteiger partial charge in [0.2, 0.25) is 0 Å². The first-order chi connectivity index (χ1) is 9.85. The van der Waals surface area contributed by atoms with Crippen molar-refractivity contribution < 1.29 is 4.74 Å². The molecule has 0 bridgehead atoms. The summed E-state index contributed by atoms with van der Waals surface area (Å²) in [5.74, 6) is 0. The van der Waals surface area contributed by atoms with Crippen LogP contribution in [0.4, 0.5) is 5.69 Å². The highest BCUT2D eigenvalue weighted by molar-refractivity contribution is 5.51. The number of rotatable bonds is 4. The maximum atomic E-state index is 5.41. The van der Waals surface area contributed by atoms with Crippen LogP contribution >= 0.6 is 0 Å². The molecule has 5 nitrogen and oxygen atoms in total. The molecule has 20 heavy (non-hydrogen) atoms. The number of nitrogens with one attached hydrogen (secondary N) is 1. The van der Waals surface area contributed by atoms with Crippen molar-refractivity contribution in [3.8, 4) is 5.69 Å². The Kier molecular flexibility index (Phi) is 3.97. The van der Waals surface area contributed by atoms with Crippen LogP contribution in [0.3, 0.4) is 0 Å². The summed E-state index contributed by atoms with van der Waals surface area (Å²) >= 11 is 0. The van der Waals surface area contributed by atoms with E-state index in [4.69, 9.17) is 4.74 Å². The second-order valence-corrected chi connectivity index (χ2v) is 5.27. The SMILES string of the molecule is COC1CCC(Nc2cccc(-n3cnnc3)c2)CC1. The summed E-state index contributed by atoms with van der Waals surface area (Å²) in [4.78, 5) is 0. The van der Waals surface area contributed by atoms with Crippen molar-refractivity contribution in [2.24, 2.45) is 0 Å². The molecular formula is C15H20N4O. The Morgan fingerprint density at radius 3 is 2.60 bits per heavy atom. The van der Waals surface area contributed by atoms with Crippen LogP contribution in [0, 0.1) is 0 Å². The Bertz CT molecular complexity index is 533. The lowest BCUT2D eigenvalue weighted by Gasteiger charge is -2.29. The normalized spacial score (nSPS) is 22.6. The minimum Gasteiger partial charge on any atom is -0.382 e. The number of hydrogen-bond acceptors (Lipinski definition) is 4. The summed E-state index contributed by atoms with van der Waals surface area (Å²) in [5, 5.41) is 11.3. The van der Waals surface area contributed by atoms with Crippen molar-refractivity contribution in [2.45, 2.75) is 37.8 Å². The molecule has 0 aliphatic heterocycles. The number of aromatic nitrogens is 3. The molecule has 1 fully saturated rings. The van der Waals surface area contributed by atoms with Crippen molar-refractivity contribution in [2.75, 3.05) is 12.4 Å². The monoisotopic (exact) mass is 272 g/mol. The molecule has 1 aliphatic carbocycles. The topological polar surface area (TPSA) is 52.0 Å². The van der Waals surface area contributed by atoms with Crippen molar-refractivity contribution >= 4 is 5.69 Å². The average molecular weight is 272 g/mol. The number of hydrogen-bond donors (Lipinski definition) is 1. The molecule has 3 rings (SSSR count). The Balaban J connectivity index is 1.65. The van der Waals surface area contributed by atoms with Crippen LogP contribution in [0.2, 0.25) is 0 Å². The van der Waals surface area contributed by atoms with Gasteiger partial charge < -0.3 is 10.1 Å². The van der Waals surface area contributed by atoms with Crippen LogP contribution < -0.4 is 5.32 Å². The molecule has 0 unspecified atom stereocenters. The Hall–Kier alpha value is -1.88. The summed E-state index contributed by atoms with van der Waals surface area (Å²) < 4.78 is 7.32. The summed E-state index contributed by atoms with van der Waals surface area (Å²) in [5.41, 5.74) is 2.22. The van der Waals surface area contributed by atoms with Crippen LogP contribution in [-0.4, -0.2) is 34.0 Å². The van der Waals surface area contributed by atoms with E-state index >= 15 is 0 Å². The van der Waals surface area contributed by atoms with Gasteiger partial charge in [-0.05, 0) is 43.9 Å². The largest absolute Gasteiger partial charge is 0.382 e. The second-order valence-electron chi connectivity index (χ2n) is 5.27. The summed E-state index contributed by atoms with van der Waals surface area (Å²) in [6.45, 7) is 0. The van der Waals surface area contributed by atoms with E-state index in [0.717, 1.165) is 37.1 Å². The lowest BCUT2D eigenvalue weighted by Crippen LogP contribution is -2.29. The maximum Gasteiger partial charge on any atom is 0.123 e. The van der Waals surface area contributed by atoms with E-state index in [1.165, 1.54) is 0 Å². The van der Waals surface area contributed by atoms with E-state index in [9.17, 15) is 0 Å². The predicted molar refractivity (Wildman–Crippen MR) is 78.0 cm³/mol. The van der Waals surface area contributed by atoms with Gasteiger partial charge in [-0.3, -0.25) is 4.57 Å². The first-order valence-corrected chi connectivity index (χ1v) is 7.09. The third-order valence-corrected chi connectivity index (χ3v) is 3.94. The average Bonchev–Trinajstić information content (AvgIpc) is 3.03. The zero-order valence-corrected chi connectivity index (χ0v) is 11.7. The molecule has 1 aromatic carbocycles. The van der Waals surface area contributed by atoms with Gasteiger partial charge in [-0.25, -0.2) is 0 Å². The minimum atomic E-state index is 0.441. The molecule has 0 spiro atoms. The molecule has 1 aliphatic rings. The molecule has 0 atom stereocenters. The molecule has 0 amide bonds. The molecular weight excluding hydrogens is 252 g/mol. The lowest BCUT2D eigenvalue weighted by molar-refractivity contribution is 0.0682. The maximum absolute atomic E-state index is 5.41. The zero-order chi connectivity index (χ0) is 13.8. The zero-order valence-electron chi connectivity index (χ0n) is 11.7. The van der Waals surface area contributed by atoms with E-state index < -0.39 is 0 Å². The van der Waals surface area contributed by atoms with Gasteiger partial charge in [0.15, 0.2) is 0 Å². The van der Waals surface area contributed by atoms with Crippen LogP contribution in [0.5, 0.6) is 0 Å². The fourth-order valence-electron chi connectivity index (χ4n) is 2.77. The predicted octanol–water partition coefficient (Wildman–Crippen LogP) is 2.64. The third-order valence-electron chi connectivity index (χ3n) is 3.94. The quantitative estimate of drug-likeness (QED) is 0.929. The number of nitrogens with zero attached hydrogens (tertiary/aromatic N) is 3. The molecule has 0 radical (unpaired) electrons. The standard InChI is InChI=1S/C15H20N4O/c1-20-15-7-5-12(6-8-15)18-13-3-2-4-14(9-13)19-10-16-17-11-19/h2-4,9-12,15,18H,5-8H2,1H3. The lowest BCUT2D eigenvalue weighted by atomic mass is 9.93. The Labute approximate surface area is 119 Å². The summed E-state index contributed by atoms with van der Waals surface area (Å²) in [7, 11) is 1.81. The number of ether oxygens (including phenoxy) is 1. The number of benzene rings is 1. The van der Waals surface area contributed by atoms with E-state index in [-0.39, 0.29) is 0 Å². The Morgan fingerprint density at radius 2 is 1.90 bits per heavy atom. The van der Waals surface area contributed by atoms with Crippen LogP contribution in [0.25, 0.3) is 5.69 Å². The molecule has 5 heteroatoms. The van der Waals surface area contributed by atoms with Crippen molar-refractivity contribution in [1.29, 1.82) is 0 Å². The highest BCUT2D eigenvalue weighted by Crippen LogP contribution is 2.24. The van der Waals surface area contributed by atoms with Gasteiger partial charge in [0.05, 0.1) is 11.8 Å². The number of anilines is 1. The van der Waals surface area contributed by atoms with Gasteiger partial charge >= 0.3 is 0 Å². The first-order valence-electron chi connectivity index (χ1n) is 7.09. The molecule has 1 heterocycles. The van der Waals surface area contributed by atoms with E-state index in [1.807, 2.05) is 4.57 Å². The third kappa shape index (κ3) is 2.99. The minimum absolute atomic E-state index is 0.441. The highest BCUT2D eigenvalue weighted by atomic mass is 16.5. The van der Waals surface area contributed by atoms with Gasteiger partial charge in [0, 0.05) is 18.8 Å². The van der Waals surface area contributed by atoms with Crippen molar-refractivity contribution in [3.05, 3.63) is 36.9 Å². The second kappa shape index (κ2) is 6.05. The van der Waals surface area contributed by atoms with E-state index in [0.29, 0.717) is 12.1 Å². The highest BCUT2D eigenvalue weighted by Gasteiger charge is 2.20. The van der Waals surface area contributed by atoms with Gasteiger partial charge in [-0.15, -0.1) is 10.2 Å². The van der Waals surface area contributed by atoms with Gasteiger partial charge in [0.25, 0.3) is 0 Å². The molecule has 0 saturated heterocycles. The fraction of sp³-hybridized carbons (Fsp3) is 0.467. The van der Waals surface area contributed by atoms with Gasteiger partial charge in [0.1, 0.15) is 12.7 Å². The number of methoxy groups -OCH3 is 1. The smallest absolute Gasteiger partial charge is 0.123 e. The molecule has 106 valence electrons. The van der Waals surface area contributed by atoms with E-state index in [1.54, 1.807) is 19.8 Å². The fourth-order valence-corrected chi connectivity index (χ4v) is 2.77. The van der Waals surface area contributed by atoms with Crippen molar-refractivity contribution in [3.63, 3.8) is 0 Å². The molecule has 2 aromatic rings. The molecule has 1 saturated carbocycles. The van der Waals surface area contributed by atoms with Crippen molar-refractivity contribution in [1.82, 2.24) is 14.8 Å². The van der Waals surface area contributed by atoms with Crippen LogP contribution in [-0.2, 0) is 4.74 Å². The molecule has 1 N–H and O–H groups in total. The van der Waals surface area contributed by atoms with Gasteiger partial charge in [-0.1, -0.05) is 6.07 Å². The Morgan fingerprint density at radius 1 is 1.15 bits per heavy atom. The van der Waals surface area contributed by atoms with E-state index in [2.05, 4.69) is 39.8 Å². The first kappa shape index (κ1) is 13.1. The van der Waals surface area contributed by atoms with Crippen LogP contribution in [0.1, 0.15) is 25.7 Å².